The maximum Gasteiger partial charge on any atom is 1.00 e. The number of hydrogen-bond acceptors (Lipinski definition) is 4. The zero-order valence-electron chi connectivity index (χ0n) is 12.7. The molecule has 0 amide bonds. The molecule has 1 aromatic rings. The predicted octanol–water partition coefficient (Wildman–Crippen LogP) is 1.69. The molecule has 2 heterocycles. The van der Waals surface area contributed by atoms with E-state index in [9.17, 15) is 0 Å². The van der Waals surface area contributed by atoms with Crippen molar-refractivity contribution >= 4 is 7.92 Å². The van der Waals surface area contributed by atoms with Crippen molar-refractivity contribution in [2.45, 2.75) is 27.3 Å². The van der Waals surface area contributed by atoms with Crippen LogP contribution in [0.5, 0.6) is 0 Å². The third kappa shape index (κ3) is 8.50. The summed E-state index contributed by atoms with van der Waals surface area (Å²) in [6.07, 6.45) is 7.15. The fraction of sp³-hybridized carbons (Fsp3) is 0.846. The molecule has 0 radical (unpaired) electrons. The fourth-order valence-corrected chi connectivity index (χ4v) is 3.50. The van der Waals surface area contributed by atoms with Gasteiger partial charge in [-0.2, -0.15) is 0 Å². The first-order chi connectivity index (χ1) is 9.30. The van der Waals surface area contributed by atoms with Gasteiger partial charge >= 0.3 is 22.4 Å². The summed E-state index contributed by atoms with van der Waals surface area (Å²) in [6, 6.07) is 0. The minimum absolute atomic E-state index is 0. The normalized spacial score (nSPS) is 15.4. The van der Waals surface area contributed by atoms with Crippen LogP contribution in [0, 0.1) is 6.20 Å². The number of hydrogen-bond donors (Lipinski definition) is 1. The Labute approximate surface area is 139 Å². The summed E-state index contributed by atoms with van der Waals surface area (Å²) in [6.45, 7) is 11.4. The van der Waals surface area contributed by atoms with Gasteiger partial charge in [0.1, 0.15) is 0 Å². The summed E-state index contributed by atoms with van der Waals surface area (Å²) in [5.41, 5.74) is 0.942. The first-order valence-electron chi connectivity index (χ1n) is 7.21. The Kier molecular flexibility index (Phi) is 13.1. The molecule has 2 rings (SSSR count). The Bertz CT molecular complexity index is 298. The van der Waals surface area contributed by atoms with Crippen LogP contribution in [0.1, 0.15) is 26.5 Å². The average molecular weight is 483 g/mol. The molecule has 0 saturated carbocycles. The van der Waals surface area contributed by atoms with Gasteiger partial charge in [-0.05, 0) is 28.7 Å². The molecule has 5 nitrogen and oxygen atoms in total. The molecule has 1 aliphatic heterocycles. The number of aromatic nitrogens is 3. The van der Waals surface area contributed by atoms with Gasteiger partial charge in [-0.3, -0.25) is 10.00 Å². The third-order valence-electron chi connectivity index (χ3n) is 3.41. The number of morpholine rings is 1. The van der Waals surface area contributed by atoms with Crippen LogP contribution in [-0.2, 0) is 33.7 Å². The van der Waals surface area contributed by atoms with Crippen molar-refractivity contribution < 1.29 is 27.1 Å². The van der Waals surface area contributed by atoms with E-state index in [1.54, 1.807) is 0 Å². The van der Waals surface area contributed by atoms with Crippen LogP contribution in [0.2, 0.25) is 0 Å². The van der Waals surface area contributed by atoms with Gasteiger partial charge < -0.3 is 16.0 Å². The van der Waals surface area contributed by atoms with Crippen LogP contribution in [0.15, 0.2) is 0 Å². The van der Waals surface area contributed by atoms with E-state index in [4.69, 9.17) is 4.74 Å². The summed E-state index contributed by atoms with van der Waals surface area (Å²) in [5.74, 6) is 0. The van der Waals surface area contributed by atoms with E-state index in [-0.39, 0.29) is 30.3 Å². The van der Waals surface area contributed by atoms with Crippen LogP contribution in [0.4, 0.5) is 0 Å². The van der Waals surface area contributed by atoms with Crippen molar-refractivity contribution in [3.05, 3.63) is 11.9 Å². The SMILES string of the molecule is CC[PH+](CC)CC.[Au+].[c-]1nn[nH]c1CN1CCOCC1. The largest absolute Gasteiger partial charge is 1.00 e. The molecule has 1 N–H and O–H groups in total. The Balaban J connectivity index is 0.000000396. The van der Waals surface area contributed by atoms with Crippen LogP contribution < -0.4 is 0 Å². The van der Waals surface area contributed by atoms with Gasteiger partial charge in [-0.25, -0.2) is 0 Å². The smallest absolute Gasteiger partial charge is 0.379 e. The number of nitrogens with zero attached hydrogens (tertiary/aromatic N) is 3. The monoisotopic (exact) mass is 483 g/mol. The molecule has 1 aliphatic rings. The molecule has 1 aromatic heterocycles. The van der Waals surface area contributed by atoms with Crippen LogP contribution >= 0.6 is 7.92 Å². The maximum absolute atomic E-state index is 5.23. The van der Waals surface area contributed by atoms with Gasteiger partial charge in [-0.1, -0.05) is 0 Å². The van der Waals surface area contributed by atoms with Crippen LogP contribution in [0.25, 0.3) is 0 Å². The van der Waals surface area contributed by atoms with Crippen molar-refractivity contribution in [3.8, 4) is 0 Å². The molecule has 120 valence electrons. The molecule has 1 fully saturated rings. The number of aromatic amines is 1. The van der Waals surface area contributed by atoms with Crippen molar-refractivity contribution in [1.29, 1.82) is 0 Å². The third-order valence-corrected chi connectivity index (χ3v) is 6.41. The molecule has 7 heteroatoms. The van der Waals surface area contributed by atoms with Crippen LogP contribution in [0.3, 0.4) is 0 Å². The molecule has 0 aromatic carbocycles. The number of nitrogens with one attached hydrogen (secondary N) is 1. The molecule has 1 saturated heterocycles. The minimum Gasteiger partial charge on any atom is -0.379 e. The molecule has 0 atom stereocenters. The van der Waals surface area contributed by atoms with E-state index < -0.39 is 0 Å². The minimum atomic E-state index is 0. The molecule has 0 spiro atoms. The van der Waals surface area contributed by atoms with Gasteiger partial charge in [0, 0.05) is 19.6 Å². The van der Waals surface area contributed by atoms with Crippen molar-refractivity contribution in [2.24, 2.45) is 0 Å². The van der Waals surface area contributed by atoms with Crippen molar-refractivity contribution in [2.75, 3.05) is 44.8 Å². The standard InChI is InChI=1S/C7H11N4O.C6H15P.Au/c1-3-12-4-2-11(1)6-7-5-8-10-9-7;1-4-7(5-2)6-3;/h1-4,6H2,(H,8,9,10);4-6H2,1-3H3;/q-1;;+1/p+1. The first-order valence-corrected chi connectivity index (χ1v) is 9.33. The Hall–Kier alpha value is 0.230. The van der Waals surface area contributed by atoms with Gasteiger partial charge in [0.05, 0.1) is 31.7 Å². The van der Waals surface area contributed by atoms with Gasteiger partial charge in [0.15, 0.2) is 0 Å². The zero-order valence-corrected chi connectivity index (χ0v) is 15.9. The fourth-order valence-electron chi connectivity index (χ4n) is 2.00. The van der Waals surface area contributed by atoms with E-state index in [0.29, 0.717) is 0 Å². The summed E-state index contributed by atoms with van der Waals surface area (Å²) < 4.78 is 5.23. The number of rotatable bonds is 5. The maximum atomic E-state index is 5.23. The van der Waals surface area contributed by atoms with E-state index in [1.165, 1.54) is 18.5 Å². The molecular formula is C13H27AuN4OP+. The summed E-state index contributed by atoms with van der Waals surface area (Å²) >= 11 is 0. The van der Waals surface area contributed by atoms with Gasteiger partial charge in [-0.15, -0.1) is 10.9 Å². The predicted molar refractivity (Wildman–Crippen MR) is 81.3 cm³/mol. The Morgan fingerprint density at radius 3 is 2.20 bits per heavy atom. The number of ether oxygens (including phenoxy) is 1. The Morgan fingerprint density at radius 1 is 1.20 bits per heavy atom. The first kappa shape index (κ1) is 20.2. The molecule has 0 bridgehead atoms. The van der Waals surface area contributed by atoms with E-state index in [1.807, 2.05) is 0 Å². The number of H-pyrrole nitrogens is 1. The summed E-state index contributed by atoms with van der Waals surface area (Å²) in [4.78, 5) is 2.29. The summed E-state index contributed by atoms with van der Waals surface area (Å²) in [5, 5.41) is 9.98. The van der Waals surface area contributed by atoms with Crippen molar-refractivity contribution in [1.82, 2.24) is 20.3 Å². The van der Waals surface area contributed by atoms with E-state index >= 15 is 0 Å². The van der Waals surface area contributed by atoms with Crippen molar-refractivity contribution in [3.63, 3.8) is 0 Å². The second-order valence-electron chi connectivity index (χ2n) is 4.60. The Morgan fingerprint density at radius 2 is 1.80 bits per heavy atom. The molecule has 0 aliphatic carbocycles. The average Bonchev–Trinajstić information content (AvgIpc) is 2.96. The van der Waals surface area contributed by atoms with Gasteiger partial charge in [0.25, 0.3) is 0 Å². The van der Waals surface area contributed by atoms with E-state index in [0.717, 1.165) is 38.5 Å². The molecule has 20 heavy (non-hydrogen) atoms. The second kappa shape index (κ2) is 12.9. The quantitative estimate of drug-likeness (QED) is 0.394. The molecular weight excluding hydrogens is 456 g/mol. The van der Waals surface area contributed by atoms with E-state index in [2.05, 4.69) is 47.3 Å². The topological polar surface area (TPSA) is 54.0 Å². The van der Waals surface area contributed by atoms with Crippen LogP contribution in [-0.4, -0.2) is 65.1 Å². The molecule has 0 unspecified atom stereocenters. The van der Waals surface area contributed by atoms with Gasteiger partial charge in [0.2, 0.25) is 0 Å². The zero-order chi connectivity index (χ0) is 13.9. The second-order valence-corrected chi connectivity index (χ2v) is 8.22. The summed E-state index contributed by atoms with van der Waals surface area (Å²) in [7, 11) is 0.137.